The van der Waals surface area contributed by atoms with Crippen LogP contribution < -0.4 is 5.32 Å². The molecule has 1 aromatic heterocycles. The number of carbonyl (C=O) groups excluding carboxylic acids is 1. The van der Waals surface area contributed by atoms with Gasteiger partial charge < -0.3 is 10.2 Å². The molecule has 1 amide bonds. The molecule has 1 aliphatic carbocycles. The molecule has 2 aliphatic rings. The molecule has 1 atom stereocenters. The third kappa shape index (κ3) is 2.86. The van der Waals surface area contributed by atoms with Crippen LogP contribution in [-0.2, 0) is 19.3 Å². The van der Waals surface area contributed by atoms with Crippen molar-refractivity contribution < 1.29 is 4.79 Å². The minimum Gasteiger partial charge on any atom is -0.332 e. The lowest BCUT2D eigenvalue weighted by atomic mass is 10.1. The van der Waals surface area contributed by atoms with Crippen LogP contribution in [0.3, 0.4) is 0 Å². The molecule has 2 heterocycles. The third-order valence-electron chi connectivity index (χ3n) is 5.48. The van der Waals surface area contributed by atoms with Crippen LogP contribution in [0.1, 0.15) is 47.6 Å². The van der Waals surface area contributed by atoms with Crippen molar-refractivity contribution in [1.82, 2.24) is 20.0 Å². The van der Waals surface area contributed by atoms with Crippen LogP contribution in [0.25, 0.3) is 5.69 Å². The SMILES string of the molecule is CCc1ccc(-n2nc(C(=O)N3CCNC[C@H]3C)c3c2CCC3)cc1. The first-order chi connectivity index (χ1) is 12.2. The standard InChI is InChI=1S/C20H26N4O/c1-3-15-7-9-16(10-8-15)24-18-6-4-5-17(18)19(22-24)20(25)23-12-11-21-13-14(23)2/h7-10,14,21H,3-6,11-13H2,1-2H3/t14-/m1/s1. The highest BCUT2D eigenvalue weighted by Crippen LogP contribution is 2.29. The number of aryl methyl sites for hydroxylation is 1. The molecule has 1 saturated heterocycles. The Morgan fingerprint density at radius 2 is 2.08 bits per heavy atom. The van der Waals surface area contributed by atoms with E-state index in [0.29, 0.717) is 5.69 Å². The van der Waals surface area contributed by atoms with E-state index in [4.69, 9.17) is 5.10 Å². The van der Waals surface area contributed by atoms with Crippen molar-refractivity contribution in [1.29, 1.82) is 0 Å². The Bertz CT molecular complexity index is 778. The molecule has 0 radical (unpaired) electrons. The Kier molecular flexibility index (Phi) is 4.34. The predicted molar refractivity (Wildman–Crippen MR) is 98.3 cm³/mol. The monoisotopic (exact) mass is 338 g/mol. The number of nitrogens with one attached hydrogen (secondary N) is 1. The van der Waals surface area contributed by atoms with Gasteiger partial charge in [0.25, 0.3) is 5.91 Å². The van der Waals surface area contributed by atoms with Crippen molar-refractivity contribution in [2.45, 2.75) is 45.6 Å². The van der Waals surface area contributed by atoms with Gasteiger partial charge in [-0.3, -0.25) is 4.79 Å². The third-order valence-corrected chi connectivity index (χ3v) is 5.48. The highest BCUT2D eigenvalue weighted by molar-refractivity contribution is 5.94. The normalized spacial score (nSPS) is 19.9. The van der Waals surface area contributed by atoms with Crippen molar-refractivity contribution in [3.05, 3.63) is 46.8 Å². The quantitative estimate of drug-likeness (QED) is 0.935. The summed E-state index contributed by atoms with van der Waals surface area (Å²) in [6, 6.07) is 8.75. The molecule has 5 heteroatoms. The van der Waals surface area contributed by atoms with Gasteiger partial charge in [0.2, 0.25) is 0 Å². The number of hydrogen-bond acceptors (Lipinski definition) is 3. The number of benzene rings is 1. The van der Waals surface area contributed by atoms with Gasteiger partial charge in [-0.25, -0.2) is 4.68 Å². The summed E-state index contributed by atoms with van der Waals surface area (Å²) < 4.78 is 2.00. The van der Waals surface area contributed by atoms with Crippen molar-refractivity contribution in [2.75, 3.05) is 19.6 Å². The highest BCUT2D eigenvalue weighted by Gasteiger charge is 2.32. The second kappa shape index (κ2) is 6.64. The number of carbonyl (C=O) groups is 1. The van der Waals surface area contributed by atoms with E-state index < -0.39 is 0 Å². The summed E-state index contributed by atoms with van der Waals surface area (Å²) in [5.74, 6) is 0.0936. The van der Waals surface area contributed by atoms with Crippen molar-refractivity contribution in [3.8, 4) is 5.69 Å². The lowest BCUT2D eigenvalue weighted by Crippen LogP contribution is -2.52. The first kappa shape index (κ1) is 16.3. The van der Waals surface area contributed by atoms with E-state index in [0.717, 1.165) is 56.6 Å². The fourth-order valence-corrected chi connectivity index (χ4v) is 3.97. The molecule has 0 unspecified atom stereocenters. The molecular formula is C20H26N4O. The maximum Gasteiger partial charge on any atom is 0.274 e. The molecule has 25 heavy (non-hydrogen) atoms. The lowest BCUT2D eigenvalue weighted by molar-refractivity contribution is 0.0648. The molecule has 0 saturated carbocycles. The predicted octanol–water partition coefficient (Wildman–Crippen LogP) is 2.36. The molecule has 2 aromatic rings. The van der Waals surface area contributed by atoms with E-state index in [1.54, 1.807) is 0 Å². The summed E-state index contributed by atoms with van der Waals surface area (Å²) >= 11 is 0. The maximum absolute atomic E-state index is 13.1. The van der Waals surface area contributed by atoms with E-state index in [2.05, 4.69) is 43.4 Å². The topological polar surface area (TPSA) is 50.2 Å². The minimum absolute atomic E-state index is 0.0936. The number of rotatable bonds is 3. The molecule has 4 rings (SSSR count). The summed E-state index contributed by atoms with van der Waals surface area (Å²) in [6.07, 6.45) is 4.10. The second-order valence-electron chi connectivity index (χ2n) is 7.11. The number of amides is 1. The van der Waals surface area contributed by atoms with Gasteiger partial charge in [0.05, 0.1) is 5.69 Å². The van der Waals surface area contributed by atoms with Crippen molar-refractivity contribution in [3.63, 3.8) is 0 Å². The Morgan fingerprint density at radius 1 is 1.28 bits per heavy atom. The molecular weight excluding hydrogens is 312 g/mol. The number of hydrogen-bond donors (Lipinski definition) is 1. The molecule has 1 aliphatic heterocycles. The van der Waals surface area contributed by atoms with Crippen LogP contribution in [0.4, 0.5) is 0 Å². The average molecular weight is 338 g/mol. The Labute approximate surface area is 149 Å². The number of piperazine rings is 1. The van der Waals surface area contributed by atoms with E-state index in [-0.39, 0.29) is 11.9 Å². The Hall–Kier alpha value is -2.14. The Balaban J connectivity index is 1.71. The second-order valence-corrected chi connectivity index (χ2v) is 7.11. The zero-order valence-corrected chi connectivity index (χ0v) is 15.1. The molecule has 5 nitrogen and oxygen atoms in total. The van der Waals surface area contributed by atoms with Gasteiger partial charge in [-0.05, 0) is 50.3 Å². The lowest BCUT2D eigenvalue weighted by Gasteiger charge is -2.33. The van der Waals surface area contributed by atoms with Gasteiger partial charge in [0.15, 0.2) is 5.69 Å². The fourth-order valence-electron chi connectivity index (χ4n) is 3.97. The molecule has 0 spiro atoms. The largest absolute Gasteiger partial charge is 0.332 e. The minimum atomic E-state index is 0.0936. The molecule has 1 N–H and O–H groups in total. The first-order valence-electron chi connectivity index (χ1n) is 9.40. The molecule has 1 aromatic carbocycles. The van der Waals surface area contributed by atoms with Gasteiger partial charge in [0, 0.05) is 36.9 Å². The van der Waals surface area contributed by atoms with Crippen LogP contribution in [0, 0.1) is 0 Å². The maximum atomic E-state index is 13.1. The van der Waals surface area contributed by atoms with E-state index in [1.807, 2.05) is 9.58 Å². The van der Waals surface area contributed by atoms with Crippen molar-refractivity contribution in [2.24, 2.45) is 0 Å². The fraction of sp³-hybridized carbons (Fsp3) is 0.500. The molecule has 1 fully saturated rings. The van der Waals surface area contributed by atoms with Crippen LogP contribution >= 0.6 is 0 Å². The average Bonchev–Trinajstić information content (AvgIpc) is 3.24. The van der Waals surface area contributed by atoms with Crippen LogP contribution in [-0.4, -0.2) is 46.3 Å². The van der Waals surface area contributed by atoms with Gasteiger partial charge in [-0.2, -0.15) is 5.10 Å². The molecule has 132 valence electrons. The van der Waals surface area contributed by atoms with Crippen molar-refractivity contribution >= 4 is 5.91 Å². The number of nitrogens with zero attached hydrogens (tertiary/aromatic N) is 3. The van der Waals surface area contributed by atoms with Gasteiger partial charge >= 0.3 is 0 Å². The van der Waals surface area contributed by atoms with Crippen LogP contribution in [0.2, 0.25) is 0 Å². The zero-order valence-electron chi connectivity index (χ0n) is 15.1. The summed E-state index contributed by atoms with van der Waals surface area (Å²) in [7, 11) is 0. The highest BCUT2D eigenvalue weighted by atomic mass is 16.2. The van der Waals surface area contributed by atoms with Gasteiger partial charge in [0.1, 0.15) is 0 Å². The first-order valence-corrected chi connectivity index (χ1v) is 9.40. The summed E-state index contributed by atoms with van der Waals surface area (Å²) in [6.45, 7) is 6.73. The smallest absolute Gasteiger partial charge is 0.274 e. The molecule has 0 bridgehead atoms. The summed E-state index contributed by atoms with van der Waals surface area (Å²) in [5.41, 5.74) is 5.42. The number of fused-ring (bicyclic) bond motifs is 1. The van der Waals surface area contributed by atoms with E-state index in [9.17, 15) is 4.79 Å². The van der Waals surface area contributed by atoms with Gasteiger partial charge in [-0.1, -0.05) is 19.1 Å². The number of aromatic nitrogens is 2. The van der Waals surface area contributed by atoms with Crippen LogP contribution in [0.15, 0.2) is 24.3 Å². The van der Waals surface area contributed by atoms with Crippen LogP contribution in [0.5, 0.6) is 0 Å². The zero-order chi connectivity index (χ0) is 17.4. The summed E-state index contributed by atoms with van der Waals surface area (Å²) in [5, 5.41) is 8.12. The Morgan fingerprint density at radius 3 is 2.80 bits per heavy atom. The van der Waals surface area contributed by atoms with Gasteiger partial charge in [-0.15, -0.1) is 0 Å². The van der Waals surface area contributed by atoms with E-state index in [1.165, 1.54) is 11.3 Å². The van der Waals surface area contributed by atoms with E-state index >= 15 is 0 Å². The summed E-state index contributed by atoms with van der Waals surface area (Å²) in [4.78, 5) is 15.1.